The number of aromatic nitrogens is 2. The van der Waals surface area contributed by atoms with E-state index in [0.717, 1.165) is 46.6 Å². The first kappa shape index (κ1) is 31.1. The van der Waals surface area contributed by atoms with E-state index < -0.39 is 0 Å². The number of benzene rings is 1. The molecule has 2 aromatic heterocycles. The van der Waals surface area contributed by atoms with Gasteiger partial charge in [0, 0.05) is 35.9 Å². The Labute approximate surface area is 242 Å². The number of rotatable bonds is 20. The van der Waals surface area contributed by atoms with E-state index in [-0.39, 0.29) is 0 Å². The first-order chi connectivity index (χ1) is 19.8. The maximum absolute atomic E-state index is 6.40. The Morgan fingerprint density at radius 1 is 0.500 bits per heavy atom. The van der Waals surface area contributed by atoms with Crippen LogP contribution in [0, 0.1) is 0 Å². The van der Waals surface area contributed by atoms with Crippen LogP contribution in [0.25, 0.3) is 24.3 Å². The lowest BCUT2D eigenvalue weighted by Crippen LogP contribution is -2.03. The quantitative estimate of drug-likeness (QED) is 0.134. The van der Waals surface area contributed by atoms with Crippen LogP contribution < -0.4 is 9.47 Å². The minimum Gasteiger partial charge on any atom is -0.493 e. The fourth-order valence-electron chi connectivity index (χ4n) is 4.55. The van der Waals surface area contributed by atoms with Gasteiger partial charge in [-0.1, -0.05) is 102 Å². The lowest BCUT2D eigenvalue weighted by atomic mass is 10.1. The van der Waals surface area contributed by atoms with Crippen molar-refractivity contribution in [2.45, 2.75) is 90.9 Å². The topological polar surface area (TPSA) is 44.2 Å². The maximum Gasteiger partial charge on any atom is 0.127 e. The Hall–Kier alpha value is -3.40. The van der Waals surface area contributed by atoms with E-state index in [1.54, 1.807) is 0 Å². The van der Waals surface area contributed by atoms with Gasteiger partial charge in [0.1, 0.15) is 11.5 Å². The minimum absolute atomic E-state index is 0.716. The summed E-state index contributed by atoms with van der Waals surface area (Å²) in [4.78, 5) is 8.28. The lowest BCUT2D eigenvalue weighted by Gasteiger charge is -2.15. The van der Waals surface area contributed by atoms with Crippen LogP contribution in [0.15, 0.2) is 61.2 Å². The number of nitrogens with zero attached hydrogens (tertiary/aromatic N) is 2. The van der Waals surface area contributed by atoms with Crippen molar-refractivity contribution in [3.8, 4) is 11.5 Å². The van der Waals surface area contributed by atoms with E-state index in [1.165, 1.54) is 64.2 Å². The lowest BCUT2D eigenvalue weighted by molar-refractivity contribution is 0.295. The molecule has 0 N–H and O–H groups in total. The zero-order valence-corrected chi connectivity index (χ0v) is 24.7. The Morgan fingerprint density at radius 3 is 1.27 bits per heavy atom. The number of pyridine rings is 2. The van der Waals surface area contributed by atoms with Gasteiger partial charge in [-0.3, -0.25) is 9.97 Å². The first-order valence-corrected chi connectivity index (χ1v) is 15.4. The van der Waals surface area contributed by atoms with E-state index in [1.807, 2.05) is 49.1 Å². The second kappa shape index (κ2) is 19.6. The van der Waals surface area contributed by atoms with E-state index in [4.69, 9.17) is 9.47 Å². The summed E-state index contributed by atoms with van der Waals surface area (Å²) in [6.07, 6.45) is 30.6. The molecule has 0 fully saturated rings. The predicted octanol–water partition coefficient (Wildman–Crippen LogP) is 10.3. The van der Waals surface area contributed by atoms with Crippen molar-refractivity contribution in [3.63, 3.8) is 0 Å². The molecule has 0 unspecified atom stereocenters. The molecule has 40 heavy (non-hydrogen) atoms. The molecule has 0 spiro atoms. The molecule has 0 aliphatic rings. The van der Waals surface area contributed by atoms with Gasteiger partial charge < -0.3 is 9.47 Å². The zero-order valence-electron chi connectivity index (χ0n) is 24.7. The van der Waals surface area contributed by atoms with E-state index >= 15 is 0 Å². The largest absolute Gasteiger partial charge is 0.493 e. The SMILES string of the molecule is CCCCCCCCOc1cc(/C=C/c2ccncc2)c(OCCCCCCCC)cc1/C=C/c1ccncc1. The third kappa shape index (κ3) is 12.2. The monoisotopic (exact) mass is 540 g/mol. The van der Waals surface area contributed by atoms with Crippen LogP contribution in [-0.4, -0.2) is 23.2 Å². The molecule has 0 radical (unpaired) electrons. The van der Waals surface area contributed by atoms with Crippen molar-refractivity contribution in [3.05, 3.63) is 83.4 Å². The highest BCUT2D eigenvalue weighted by Gasteiger charge is 2.10. The first-order valence-electron chi connectivity index (χ1n) is 15.4. The summed E-state index contributed by atoms with van der Waals surface area (Å²) in [6, 6.07) is 12.3. The summed E-state index contributed by atoms with van der Waals surface area (Å²) in [6.45, 7) is 5.94. The average molecular weight is 541 g/mol. The molecule has 4 heteroatoms. The Bertz CT molecular complexity index is 1040. The van der Waals surface area contributed by atoms with Crippen LogP contribution in [0.1, 0.15) is 113 Å². The Morgan fingerprint density at radius 2 is 0.875 bits per heavy atom. The normalized spacial score (nSPS) is 11.4. The highest BCUT2D eigenvalue weighted by molar-refractivity contribution is 5.78. The third-order valence-electron chi connectivity index (χ3n) is 6.98. The van der Waals surface area contributed by atoms with Gasteiger partial charge in [-0.15, -0.1) is 0 Å². The summed E-state index contributed by atoms with van der Waals surface area (Å²) in [5, 5.41) is 0. The standard InChI is InChI=1S/C36H48N2O2/c1-3-5-7-9-11-13-27-39-35-29-34(18-16-32-21-25-38-26-22-32)36(40-28-14-12-10-8-6-4-2)30-33(35)17-15-31-19-23-37-24-20-31/h15-26,29-30H,3-14,27-28H2,1-2H3/b17-15+,18-16+. The molecule has 3 rings (SSSR count). The van der Waals surface area contributed by atoms with Gasteiger partial charge in [-0.25, -0.2) is 0 Å². The molecule has 0 bridgehead atoms. The molecule has 1 aromatic carbocycles. The highest BCUT2D eigenvalue weighted by atomic mass is 16.5. The van der Waals surface area contributed by atoms with Crippen molar-refractivity contribution in [2.75, 3.05) is 13.2 Å². The van der Waals surface area contributed by atoms with E-state index in [0.29, 0.717) is 13.2 Å². The number of hydrogen-bond acceptors (Lipinski definition) is 4. The number of ether oxygens (including phenoxy) is 2. The van der Waals surface area contributed by atoms with Gasteiger partial charge in [-0.2, -0.15) is 0 Å². The van der Waals surface area contributed by atoms with Crippen LogP contribution in [0.3, 0.4) is 0 Å². The van der Waals surface area contributed by atoms with Gasteiger partial charge >= 0.3 is 0 Å². The van der Waals surface area contributed by atoms with Gasteiger partial charge in [0.2, 0.25) is 0 Å². The van der Waals surface area contributed by atoms with Crippen LogP contribution in [-0.2, 0) is 0 Å². The van der Waals surface area contributed by atoms with Crippen LogP contribution >= 0.6 is 0 Å². The highest BCUT2D eigenvalue weighted by Crippen LogP contribution is 2.33. The molecule has 0 saturated carbocycles. The molecule has 214 valence electrons. The van der Waals surface area contributed by atoms with Crippen LogP contribution in [0.4, 0.5) is 0 Å². The zero-order chi connectivity index (χ0) is 28.1. The second-order valence-corrected chi connectivity index (χ2v) is 10.4. The van der Waals surface area contributed by atoms with Gasteiger partial charge in [0.15, 0.2) is 0 Å². The van der Waals surface area contributed by atoms with E-state index in [2.05, 4.69) is 60.3 Å². The second-order valence-electron chi connectivity index (χ2n) is 10.4. The average Bonchev–Trinajstić information content (AvgIpc) is 3.00. The summed E-state index contributed by atoms with van der Waals surface area (Å²) < 4.78 is 12.8. The van der Waals surface area contributed by atoms with Crippen molar-refractivity contribution in [1.29, 1.82) is 0 Å². The Balaban J connectivity index is 1.80. The van der Waals surface area contributed by atoms with Gasteiger partial charge in [0.25, 0.3) is 0 Å². The molecule has 0 atom stereocenters. The molecule has 0 saturated heterocycles. The van der Waals surface area contributed by atoms with Crippen molar-refractivity contribution in [1.82, 2.24) is 9.97 Å². The summed E-state index contributed by atoms with van der Waals surface area (Å²) >= 11 is 0. The van der Waals surface area contributed by atoms with Crippen molar-refractivity contribution >= 4 is 24.3 Å². The molecular formula is C36H48N2O2. The predicted molar refractivity (Wildman–Crippen MR) is 171 cm³/mol. The third-order valence-corrected chi connectivity index (χ3v) is 6.98. The summed E-state index contributed by atoms with van der Waals surface area (Å²) in [5.41, 5.74) is 4.27. The molecular weight excluding hydrogens is 492 g/mol. The van der Waals surface area contributed by atoms with Gasteiger partial charge in [-0.05, 0) is 60.4 Å². The summed E-state index contributed by atoms with van der Waals surface area (Å²) in [5.74, 6) is 1.78. The van der Waals surface area contributed by atoms with Crippen LogP contribution in [0.2, 0.25) is 0 Å². The molecule has 0 aliphatic carbocycles. The maximum atomic E-state index is 6.40. The van der Waals surface area contributed by atoms with Crippen LogP contribution in [0.5, 0.6) is 11.5 Å². The van der Waals surface area contributed by atoms with Crippen molar-refractivity contribution < 1.29 is 9.47 Å². The molecule has 0 amide bonds. The molecule has 4 nitrogen and oxygen atoms in total. The molecule has 3 aromatic rings. The number of unbranched alkanes of at least 4 members (excludes halogenated alkanes) is 10. The summed E-state index contributed by atoms with van der Waals surface area (Å²) in [7, 11) is 0. The Kier molecular flexibility index (Phi) is 15.3. The fraction of sp³-hybridized carbons (Fsp3) is 0.444. The van der Waals surface area contributed by atoms with E-state index in [9.17, 15) is 0 Å². The number of hydrogen-bond donors (Lipinski definition) is 0. The molecule has 2 heterocycles. The van der Waals surface area contributed by atoms with Gasteiger partial charge in [0.05, 0.1) is 13.2 Å². The fourth-order valence-corrected chi connectivity index (χ4v) is 4.55. The smallest absolute Gasteiger partial charge is 0.127 e. The molecule has 0 aliphatic heterocycles. The van der Waals surface area contributed by atoms with Crippen molar-refractivity contribution in [2.24, 2.45) is 0 Å². The minimum atomic E-state index is 0.716.